The van der Waals surface area contributed by atoms with Gasteiger partial charge >= 0.3 is 0 Å². The molecular weight excluding hydrogens is 186 g/mol. The van der Waals surface area contributed by atoms with Crippen LogP contribution in [0.15, 0.2) is 4.99 Å². The molecule has 0 amide bonds. The highest BCUT2D eigenvalue weighted by atomic mass is 16.1. The molecule has 84 valence electrons. The van der Waals surface area contributed by atoms with Crippen LogP contribution >= 0.6 is 0 Å². The third-order valence-corrected chi connectivity index (χ3v) is 4.26. The van der Waals surface area contributed by atoms with Gasteiger partial charge in [0.1, 0.15) is 0 Å². The minimum atomic E-state index is 0.305. The smallest absolute Gasteiger partial charge is 0.211 e. The van der Waals surface area contributed by atoms with E-state index in [2.05, 4.69) is 4.99 Å². The second-order valence-electron chi connectivity index (χ2n) is 5.13. The number of aliphatic imine (C=N–C) groups is 1. The second kappa shape index (κ2) is 5.46. The molecular formula is C13H21NO. The molecule has 0 aromatic carbocycles. The maximum atomic E-state index is 10.4. The summed E-state index contributed by atoms with van der Waals surface area (Å²) in [6.45, 7) is 0. The van der Waals surface area contributed by atoms with Crippen LogP contribution in [0.25, 0.3) is 0 Å². The Kier molecular flexibility index (Phi) is 3.96. The molecule has 0 N–H and O–H groups in total. The average molecular weight is 207 g/mol. The highest BCUT2D eigenvalue weighted by Gasteiger charge is 2.32. The lowest BCUT2D eigenvalue weighted by atomic mass is 9.71. The number of hydrogen-bond acceptors (Lipinski definition) is 2. The molecule has 0 saturated heterocycles. The van der Waals surface area contributed by atoms with Crippen LogP contribution in [0.1, 0.15) is 57.8 Å². The van der Waals surface area contributed by atoms with Crippen LogP contribution in [0, 0.1) is 11.8 Å². The van der Waals surface area contributed by atoms with E-state index in [4.69, 9.17) is 0 Å². The maximum Gasteiger partial charge on any atom is 0.235 e. The van der Waals surface area contributed by atoms with Gasteiger partial charge in [0.15, 0.2) is 0 Å². The van der Waals surface area contributed by atoms with Gasteiger partial charge in [0.2, 0.25) is 6.08 Å². The molecule has 2 nitrogen and oxygen atoms in total. The lowest BCUT2D eigenvalue weighted by molar-refractivity contribution is 0.172. The standard InChI is InChI=1S/C13H21NO/c15-10-14-13-9-5-4-8-12(13)11-6-2-1-3-7-11/h11-13H,1-9H2. The average Bonchev–Trinajstić information content (AvgIpc) is 2.31. The Morgan fingerprint density at radius 2 is 1.53 bits per heavy atom. The van der Waals surface area contributed by atoms with E-state index in [1.54, 1.807) is 6.08 Å². The molecule has 2 unspecified atom stereocenters. The molecule has 15 heavy (non-hydrogen) atoms. The second-order valence-corrected chi connectivity index (χ2v) is 5.13. The molecule has 2 heteroatoms. The van der Waals surface area contributed by atoms with Crippen molar-refractivity contribution >= 4 is 6.08 Å². The van der Waals surface area contributed by atoms with Crippen LogP contribution in [-0.2, 0) is 4.79 Å². The lowest BCUT2D eigenvalue weighted by Gasteiger charge is -2.36. The first kappa shape index (κ1) is 10.9. The summed E-state index contributed by atoms with van der Waals surface area (Å²) in [5.41, 5.74) is 0. The van der Waals surface area contributed by atoms with E-state index >= 15 is 0 Å². The zero-order valence-corrected chi connectivity index (χ0v) is 9.45. The van der Waals surface area contributed by atoms with Crippen molar-refractivity contribution in [3.05, 3.63) is 0 Å². The van der Waals surface area contributed by atoms with Crippen LogP contribution < -0.4 is 0 Å². The minimum Gasteiger partial charge on any atom is -0.211 e. The van der Waals surface area contributed by atoms with Gasteiger partial charge in [0.25, 0.3) is 0 Å². The van der Waals surface area contributed by atoms with Crippen molar-refractivity contribution in [2.24, 2.45) is 16.8 Å². The number of rotatable bonds is 2. The predicted molar refractivity (Wildman–Crippen MR) is 60.4 cm³/mol. The first-order valence-corrected chi connectivity index (χ1v) is 6.49. The highest BCUT2D eigenvalue weighted by molar-refractivity contribution is 5.33. The van der Waals surface area contributed by atoms with Crippen molar-refractivity contribution in [3.63, 3.8) is 0 Å². The van der Waals surface area contributed by atoms with Crippen molar-refractivity contribution in [2.75, 3.05) is 0 Å². The van der Waals surface area contributed by atoms with Gasteiger partial charge in [-0.1, -0.05) is 44.9 Å². The summed E-state index contributed by atoms with van der Waals surface area (Å²) >= 11 is 0. The fourth-order valence-corrected chi connectivity index (χ4v) is 3.48. The number of hydrogen-bond donors (Lipinski definition) is 0. The molecule has 0 aliphatic heterocycles. The summed E-state index contributed by atoms with van der Waals surface area (Å²) in [5.74, 6) is 1.54. The van der Waals surface area contributed by atoms with Crippen molar-refractivity contribution < 1.29 is 4.79 Å². The molecule has 0 aromatic rings. The van der Waals surface area contributed by atoms with Gasteiger partial charge in [-0.3, -0.25) is 0 Å². The molecule has 0 bridgehead atoms. The predicted octanol–water partition coefficient (Wildman–Crippen LogP) is 3.46. The van der Waals surface area contributed by atoms with E-state index in [0.717, 1.165) is 12.3 Å². The Labute approximate surface area is 92.2 Å². The minimum absolute atomic E-state index is 0.305. The van der Waals surface area contributed by atoms with Crippen molar-refractivity contribution in [3.8, 4) is 0 Å². The molecule has 0 aromatic heterocycles. The Bertz CT molecular complexity index is 239. The van der Waals surface area contributed by atoms with Crippen molar-refractivity contribution in [1.82, 2.24) is 0 Å². The van der Waals surface area contributed by atoms with E-state index in [1.807, 2.05) is 0 Å². The van der Waals surface area contributed by atoms with E-state index in [0.29, 0.717) is 12.0 Å². The molecule has 0 radical (unpaired) electrons. The zero-order chi connectivity index (χ0) is 10.5. The molecule has 2 atom stereocenters. The van der Waals surface area contributed by atoms with Gasteiger partial charge in [-0.15, -0.1) is 0 Å². The molecule has 2 aliphatic carbocycles. The molecule has 0 spiro atoms. The molecule has 2 fully saturated rings. The molecule has 2 aliphatic rings. The molecule has 2 saturated carbocycles. The maximum absolute atomic E-state index is 10.4. The Morgan fingerprint density at radius 3 is 2.27 bits per heavy atom. The van der Waals surface area contributed by atoms with Gasteiger partial charge in [-0.25, -0.2) is 9.79 Å². The summed E-state index contributed by atoms with van der Waals surface area (Å²) < 4.78 is 0. The van der Waals surface area contributed by atoms with E-state index in [-0.39, 0.29) is 0 Å². The number of carbonyl (C=O) groups excluding carboxylic acids is 1. The van der Waals surface area contributed by atoms with Crippen LogP contribution in [-0.4, -0.2) is 12.1 Å². The summed E-state index contributed by atoms with van der Waals surface area (Å²) in [6.07, 6.45) is 13.7. The fraction of sp³-hybridized carbons (Fsp3) is 0.923. The van der Waals surface area contributed by atoms with Crippen LogP contribution in [0.5, 0.6) is 0 Å². The van der Waals surface area contributed by atoms with E-state index in [9.17, 15) is 4.79 Å². The van der Waals surface area contributed by atoms with Gasteiger partial charge in [0, 0.05) is 0 Å². The Balaban J connectivity index is 1.99. The summed E-state index contributed by atoms with van der Waals surface area (Å²) in [4.78, 5) is 14.4. The summed E-state index contributed by atoms with van der Waals surface area (Å²) in [7, 11) is 0. The van der Waals surface area contributed by atoms with Crippen molar-refractivity contribution in [1.29, 1.82) is 0 Å². The number of isocyanates is 1. The highest BCUT2D eigenvalue weighted by Crippen LogP contribution is 2.39. The zero-order valence-electron chi connectivity index (χ0n) is 9.45. The topological polar surface area (TPSA) is 29.4 Å². The van der Waals surface area contributed by atoms with Gasteiger partial charge < -0.3 is 0 Å². The lowest BCUT2D eigenvalue weighted by Crippen LogP contribution is -2.31. The summed E-state index contributed by atoms with van der Waals surface area (Å²) in [5, 5.41) is 0. The van der Waals surface area contributed by atoms with E-state index < -0.39 is 0 Å². The fourth-order valence-electron chi connectivity index (χ4n) is 3.48. The molecule has 0 heterocycles. The normalized spacial score (nSPS) is 33.3. The van der Waals surface area contributed by atoms with Gasteiger partial charge in [-0.05, 0) is 24.7 Å². The van der Waals surface area contributed by atoms with E-state index in [1.165, 1.54) is 51.4 Å². The third-order valence-electron chi connectivity index (χ3n) is 4.26. The quantitative estimate of drug-likeness (QED) is 0.503. The van der Waals surface area contributed by atoms with Crippen LogP contribution in [0.2, 0.25) is 0 Å². The first-order chi connectivity index (χ1) is 7.42. The monoisotopic (exact) mass is 207 g/mol. The molecule has 2 rings (SSSR count). The van der Waals surface area contributed by atoms with Crippen molar-refractivity contribution in [2.45, 2.75) is 63.8 Å². The van der Waals surface area contributed by atoms with Crippen LogP contribution in [0.4, 0.5) is 0 Å². The SMILES string of the molecule is O=C=NC1CCCCC1C1CCCCC1. The Morgan fingerprint density at radius 1 is 0.867 bits per heavy atom. The largest absolute Gasteiger partial charge is 0.235 e. The summed E-state index contributed by atoms with van der Waals surface area (Å²) in [6, 6.07) is 0.305. The van der Waals surface area contributed by atoms with Crippen LogP contribution in [0.3, 0.4) is 0 Å². The van der Waals surface area contributed by atoms with Gasteiger partial charge in [-0.2, -0.15) is 0 Å². The number of nitrogens with zero attached hydrogens (tertiary/aromatic N) is 1. The Hall–Kier alpha value is -0.620. The first-order valence-electron chi connectivity index (χ1n) is 6.49. The third kappa shape index (κ3) is 2.69. The van der Waals surface area contributed by atoms with Gasteiger partial charge in [0.05, 0.1) is 6.04 Å².